The molecule has 0 aromatic heterocycles. The van der Waals surface area contributed by atoms with Crippen molar-refractivity contribution >= 4 is 5.97 Å². The molecule has 0 atom stereocenters. The van der Waals surface area contributed by atoms with E-state index >= 15 is 0 Å². The molecule has 0 spiro atoms. The zero-order valence-corrected chi connectivity index (χ0v) is 18.8. The number of benzene rings is 3. The Morgan fingerprint density at radius 3 is 2.06 bits per heavy atom. The Hall–Kier alpha value is -3.11. The Balaban J connectivity index is 0.000000207. The molecule has 32 heavy (non-hydrogen) atoms. The van der Waals surface area contributed by atoms with Crippen LogP contribution in [0.5, 0.6) is 5.75 Å². The molecule has 0 unspecified atom stereocenters. The number of likely N-dealkylation sites (tertiary alicyclic amines) is 1. The summed E-state index contributed by atoms with van der Waals surface area (Å²) < 4.78 is 0. The number of aromatic hydroxyl groups is 1. The molecule has 3 aromatic carbocycles. The summed E-state index contributed by atoms with van der Waals surface area (Å²) in [4.78, 5) is 12.8. The fourth-order valence-electron chi connectivity index (χ4n) is 4.02. The molecule has 1 aliphatic heterocycles. The third-order valence-corrected chi connectivity index (χ3v) is 5.95. The topological polar surface area (TPSA) is 60.8 Å². The van der Waals surface area contributed by atoms with E-state index in [-0.39, 0.29) is 12.2 Å². The lowest BCUT2D eigenvalue weighted by atomic mass is 9.89. The third kappa shape index (κ3) is 7.86. The summed E-state index contributed by atoms with van der Waals surface area (Å²) in [5, 5.41) is 17.3. The lowest BCUT2D eigenvalue weighted by molar-refractivity contribution is -0.136. The molecule has 1 fully saturated rings. The van der Waals surface area contributed by atoms with Gasteiger partial charge in [-0.05, 0) is 74.0 Å². The van der Waals surface area contributed by atoms with Gasteiger partial charge >= 0.3 is 5.97 Å². The predicted molar refractivity (Wildman–Crippen MR) is 129 cm³/mol. The molecular weight excluding hydrogens is 398 g/mol. The van der Waals surface area contributed by atoms with Crippen molar-refractivity contribution < 1.29 is 15.0 Å². The summed E-state index contributed by atoms with van der Waals surface area (Å²) >= 11 is 0. The smallest absolute Gasteiger partial charge is 0.303 e. The fraction of sp³-hybridized carbons (Fsp3) is 0.321. The highest BCUT2D eigenvalue weighted by Gasteiger charge is 2.20. The molecule has 4 nitrogen and oxygen atoms in total. The SMILES string of the molecule is Cc1ccc(CN2CCC(c3ccccc3)CC2)cc1.O=C(O)CCc1ccc(O)cc1. The Kier molecular flexibility index (Phi) is 8.88. The van der Waals surface area contributed by atoms with E-state index in [1.807, 2.05) is 0 Å². The molecule has 0 saturated carbocycles. The second-order valence-electron chi connectivity index (χ2n) is 8.51. The number of hydrogen-bond acceptors (Lipinski definition) is 3. The molecular formula is C28H33NO3. The van der Waals surface area contributed by atoms with Gasteiger partial charge in [-0.15, -0.1) is 0 Å². The Labute approximate surface area is 191 Å². The van der Waals surface area contributed by atoms with Gasteiger partial charge in [-0.25, -0.2) is 0 Å². The van der Waals surface area contributed by atoms with Gasteiger partial charge in [0.25, 0.3) is 0 Å². The Morgan fingerprint density at radius 2 is 1.47 bits per heavy atom. The van der Waals surface area contributed by atoms with Crippen LogP contribution in [0, 0.1) is 6.92 Å². The molecule has 3 aromatic rings. The zero-order chi connectivity index (χ0) is 22.8. The van der Waals surface area contributed by atoms with Gasteiger partial charge in [0, 0.05) is 13.0 Å². The van der Waals surface area contributed by atoms with Gasteiger partial charge in [0.2, 0.25) is 0 Å². The Morgan fingerprint density at radius 1 is 0.875 bits per heavy atom. The van der Waals surface area contributed by atoms with Crippen LogP contribution in [0.1, 0.15) is 47.4 Å². The maximum absolute atomic E-state index is 10.2. The van der Waals surface area contributed by atoms with Crippen molar-refractivity contribution in [1.29, 1.82) is 0 Å². The highest BCUT2D eigenvalue weighted by Crippen LogP contribution is 2.28. The summed E-state index contributed by atoms with van der Waals surface area (Å²) in [5.74, 6) is 0.155. The van der Waals surface area contributed by atoms with Crippen LogP contribution in [0.4, 0.5) is 0 Å². The molecule has 2 N–H and O–H groups in total. The van der Waals surface area contributed by atoms with Crippen LogP contribution >= 0.6 is 0 Å². The summed E-state index contributed by atoms with van der Waals surface area (Å²) in [5.41, 5.74) is 5.22. The molecule has 168 valence electrons. The van der Waals surface area contributed by atoms with Crippen LogP contribution in [0.15, 0.2) is 78.9 Å². The highest BCUT2D eigenvalue weighted by molar-refractivity contribution is 5.67. The summed E-state index contributed by atoms with van der Waals surface area (Å²) in [6.45, 7) is 5.68. The summed E-state index contributed by atoms with van der Waals surface area (Å²) in [6.07, 6.45) is 3.21. The van der Waals surface area contributed by atoms with Crippen LogP contribution in [-0.2, 0) is 17.8 Å². The van der Waals surface area contributed by atoms with Crippen molar-refractivity contribution in [2.24, 2.45) is 0 Å². The van der Waals surface area contributed by atoms with Crippen LogP contribution in [0.2, 0.25) is 0 Å². The van der Waals surface area contributed by atoms with Crippen molar-refractivity contribution in [3.8, 4) is 5.75 Å². The molecule has 0 aliphatic carbocycles. The van der Waals surface area contributed by atoms with Gasteiger partial charge in [0.05, 0.1) is 0 Å². The predicted octanol–water partition coefficient (Wildman–Crippen LogP) is 5.78. The van der Waals surface area contributed by atoms with Crippen molar-refractivity contribution in [3.63, 3.8) is 0 Å². The number of nitrogens with zero attached hydrogens (tertiary/aromatic N) is 1. The van der Waals surface area contributed by atoms with Gasteiger partial charge in [0.15, 0.2) is 0 Å². The van der Waals surface area contributed by atoms with Crippen molar-refractivity contribution in [3.05, 3.63) is 101 Å². The number of hydrogen-bond donors (Lipinski definition) is 2. The summed E-state index contributed by atoms with van der Waals surface area (Å²) in [7, 11) is 0. The number of aryl methyl sites for hydroxylation is 2. The van der Waals surface area contributed by atoms with E-state index in [9.17, 15) is 4.79 Å². The van der Waals surface area contributed by atoms with E-state index in [0.717, 1.165) is 18.0 Å². The number of rotatable bonds is 6. The zero-order valence-electron chi connectivity index (χ0n) is 18.8. The van der Waals surface area contributed by atoms with Gasteiger partial charge in [-0.1, -0.05) is 72.3 Å². The van der Waals surface area contributed by atoms with E-state index in [2.05, 4.69) is 66.4 Å². The van der Waals surface area contributed by atoms with E-state index in [4.69, 9.17) is 10.2 Å². The van der Waals surface area contributed by atoms with E-state index < -0.39 is 5.97 Å². The minimum atomic E-state index is -0.803. The fourth-order valence-corrected chi connectivity index (χ4v) is 4.02. The van der Waals surface area contributed by atoms with Crippen molar-refractivity contribution in [1.82, 2.24) is 4.90 Å². The van der Waals surface area contributed by atoms with E-state index in [1.54, 1.807) is 24.3 Å². The van der Waals surface area contributed by atoms with Crippen LogP contribution < -0.4 is 0 Å². The van der Waals surface area contributed by atoms with Crippen molar-refractivity contribution in [2.75, 3.05) is 13.1 Å². The van der Waals surface area contributed by atoms with E-state index in [0.29, 0.717) is 6.42 Å². The molecule has 1 aliphatic rings. The number of piperidine rings is 1. The number of aliphatic carboxylic acids is 1. The average Bonchev–Trinajstić information content (AvgIpc) is 2.82. The van der Waals surface area contributed by atoms with Crippen LogP contribution in [0.25, 0.3) is 0 Å². The molecule has 1 heterocycles. The minimum Gasteiger partial charge on any atom is -0.508 e. The number of phenols is 1. The largest absolute Gasteiger partial charge is 0.508 e. The molecule has 4 heteroatoms. The first-order chi connectivity index (χ1) is 15.5. The second-order valence-corrected chi connectivity index (χ2v) is 8.51. The number of carboxylic acid groups (broad SMARTS) is 1. The van der Waals surface area contributed by atoms with Crippen LogP contribution in [-0.4, -0.2) is 34.2 Å². The maximum atomic E-state index is 10.2. The molecule has 1 saturated heterocycles. The molecule has 0 radical (unpaired) electrons. The second kappa shape index (κ2) is 12.1. The lowest BCUT2D eigenvalue weighted by Crippen LogP contribution is -2.32. The van der Waals surface area contributed by atoms with Gasteiger partial charge < -0.3 is 10.2 Å². The number of phenolic OH excluding ortho intramolecular Hbond substituents is 1. The maximum Gasteiger partial charge on any atom is 0.303 e. The van der Waals surface area contributed by atoms with Crippen molar-refractivity contribution in [2.45, 2.75) is 45.1 Å². The Bertz CT molecular complexity index is 944. The first-order valence-corrected chi connectivity index (χ1v) is 11.3. The van der Waals surface area contributed by atoms with E-state index in [1.165, 1.54) is 42.6 Å². The standard InChI is InChI=1S/C19H23N.C9H10O3/c1-16-7-9-17(10-8-16)15-20-13-11-19(12-14-20)18-5-3-2-4-6-18;10-8-4-1-7(2-5-8)3-6-9(11)12/h2-10,19H,11-15H2,1H3;1-2,4-5,10H,3,6H2,(H,11,12). The monoisotopic (exact) mass is 431 g/mol. The molecule has 0 amide bonds. The number of carboxylic acids is 1. The first kappa shape index (κ1) is 23.6. The molecule has 0 bridgehead atoms. The minimum absolute atomic E-state index is 0.130. The quantitative estimate of drug-likeness (QED) is 0.519. The van der Waals surface area contributed by atoms with Gasteiger partial charge in [0.1, 0.15) is 5.75 Å². The first-order valence-electron chi connectivity index (χ1n) is 11.3. The van der Waals surface area contributed by atoms with Gasteiger partial charge in [-0.2, -0.15) is 0 Å². The van der Waals surface area contributed by atoms with Gasteiger partial charge in [-0.3, -0.25) is 9.69 Å². The summed E-state index contributed by atoms with van der Waals surface area (Å²) in [6, 6.07) is 26.5. The van der Waals surface area contributed by atoms with Crippen LogP contribution in [0.3, 0.4) is 0 Å². The highest BCUT2D eigenvalue weighted by atomic mass is 16.4. The average molecular weight is 432 g/mol. The normalized spacial score (nSPS) is 14.4. The number of carbonyl (C=O) groups is 1. The third-order valence-electron chi connectivity index (χ3n) is 5.95. The lowest BCUT2D eigenvalue weighted by Gasteiger charge is -2.32. The molecule has 4 rings (SSSR count).